The molecule has 0 fully saturated rings. The van der Waals surface area contributed by atoms with Gasteiger partial charge in [0.15, 0.2) is 6.61 Å². The maximum atomic E-state index is 12.8. The quantitative estimate of drug-likeness (QED) is 0.416. The second-order valence-corrected chi connectivity index (χ2v) is 7.93. The van der Waals surface area contributed by atoms with Crippen LogP contribution in [0, 0.1) is 10.1 Å². The van der Waals surface area contributed by atoms with Crippen molar-refractivity contribution in [2.75, 3.05) is 25.2 Å². The van der Waals surface area contributed by atoms with Crippen molar-refractivity contribution in [3.8, 4) is 5.75 Å². The Labute approximate surface area is 171 Å². The number of carbonyl (C=O) groups excluding carboxylic acids is 2. The third-order valence-corrected chi connectivity index (χ3v) is 5.72. The first kappa shape index (κ1) is 20.7. The predicted octanol–water partition coefficient (Wildman–Crippen LogP) is 3.68. The minimum absolute atomic E-state index is 0.102. The van der Waals surface area contributed by atoms with Gasteiger partial charge in [-0.3, -0.25) is 14.9 Å². The molecule has 0 spiro atoms. The van der Waals surface area contributed by atoms with E-state index in [2.05, 4.69) is 6.92 Å². The molecule has 2 aromatic carbocycles. The van der Waals surface area contributed by atoms with Crippen molar-refractivity contribution < 1.29 is 24.0 Å². The van der Waals surface area contributed by atoms with Gasteiger partial charge in [-0.2, -0.15) is 0 Å². The van der Waals surface area contributed by atoms with Crippen LogP contribution >= 0.6 is 11.8 Å². The van der Waals surface area contributed by atoms with E-state index < -0.39 is 17.5 Å². The van der Waals surface area contributed by atoms with E-state index in [1.165, 1.54) is 19.2 Å². The lowest BCUT2D eigenvalue weighted by Crippen LogP contribution is -2.35. The van der Waals surface area contributed by atoms with Gasteiger partial charge in [-0.25, -0.2) is 4.79 Å². The molecule has 0 saturated heterocycles. The van der Waals surface area contributed by atoms with E-state index in [0.717, 1.165) is 23.1 Å². The molecule has 0 bridgehead atoms. The molecular formula is C20H20N2O6S. The van der Waals surface area contributed by atoms with Crippen LogP contribution in [-0.2, 0) is 9.53 Å². The molecular weight excluding hydrogens is 396 g/mol. The van der Waals surface area contributed by atoms with Gasteiger partial charge in [0.25, 0.3) is 11.6 Å². The monoisotopic (exact) mass is 416 g/mol. The number of fused-ring (bicyclic) bond motifs is 1. The van der Waals surface area contributed by atoms with Crippen molar-refractivity contribution in [1.29, 1.82) is 0 Å². The highest BCUT2D eigenvalue weighted by Gasteiger charge is 2.26. The maximum absolute atomic E-state index is 12.8. The van der Waals surface area contributed by atoms with Gasteiger partial charge in [0.2, 0.25) is 0 Å². The van der Waals surface area contributed by atoms with Crippen molar-refractivity contribution in [2.45, 2.75) is 23.5 Å². The van der Waals surface area contributed by atoms with Gasteiger partial charge in [0, 0.05) is 28.8 Å². The number of anilines is 1. The number of thioether (sulfide) groups is 1. The van der Waals surface area contributed by atoms with Gasteiger partial charge >= 0.3 is 5.97 Å². The lowest BCUT2D eigenvalue weighted by atomic mass is 10.2. The molecule has 3 rings (SSSR count). The fourth-order valence-electron chi connectivity index (χ4n) is 3.00. The molecule has 1 heterocycles. The van der Waals surface area contributed by atoms with Crippen LogP contribution in [0.1, 0.15) is 23.7 Å². The molecule has 29 heavy (non-hydrogen) atoms. The third kappa shape index (κ3) is 4.68. The topological polar surface area (TPSA) is 99.0 Å². The summed E-state index contributed by atoms with van der Waals surface area (Å²) in [7, 11) is 1.34. The summed E-state index contributed by atoms with van der Waals surface area (Å²) in [5.41, 5.74) is 0.419. The Bertz CT molecular complexity index is 948. The smallest absolute Gasteiger partial charge is 0.342 e. The van der Waals surface area contributed by atoms with Gasteiger partial charge < -0.3 is 14.4 Å². The Morgan fingerprint density at radius 2 is 2.03 bits per heavy atom. The van der Waals surface area contributed by atoms with Crippen LogP contribution < -0.4 is 9.64 Å². The summed E-state index contributed by atoms with van der Waals surface area (Å²) in [6.45, 7) is 2.14. The summed E-state index contributed by atoms with van der Waals surface area (Å²) in [5, 5.41) is 11.3. The molecule has 0 aromatic heterocycles. The molecule has 8 nitrogen and oxygen atoms in total. The average Bonchev–Trinajstić information content (AvgIpc) is 2.89. The fraction of sp³-hybridized carbons (Fsp3) is 0.300. The number of benzene rings is 2. The molecule has 0 unspecified atom stereocenters. The molecule has 0 saturated carbocycles. The van der Waals surface area contributed by atoms with E-state index >= 15 is 0 Å². The number of para-hydroxylation sites is 1. The first-order valence-corrected chi connectivity index (χ1v) is 9.84. The van der Waals surface area contributed by atoms with Gasteiger partial charge in [-0.1, -0.05) is 19.1 Å². The number of nitro groups is 1. The number of rotatable bonds is 5. The minimum Gasteiger partial charge on any atom is -0.496 e. The Morgan fingerprint density at radius 3 is 2.76 bits per heavy atom. The average molecular weight is 416 g/mol. The van der Waals surface area contributed by atoms with E-state index in [4.69, 9.17) is 9.47 Å². The summed E-state index contributed by atoms with van der Waals surface area (Å²) in [6, 6.07) is 11.2. The van der Waals surface area contributed by atoms with E-state index in [0.29, 0.717) is 11.8 Å². The fourth-order valence-corrected chi connectivity index (χ4v) is 4.11. The molecule has 1 aliphatic heterocycles. The van der Waals surface area contributed by atoms with E-state index in [9.17, 15) is 19.7 Å². The zero-order valence-electron chi connectivity index (χ0n) is 16.0. The number of hydrogen-bond acceptors (Lipinski definition) is 7. The van der Waals surface area contributed by atoms with Crippen LogP contribution in [-0.4, -0.2) is 42.3 Å². The highest BCUT2D eigenvalue weighted by Crippen LogP contribution is 2.37. The highest BCUT2D eigenvalue weighted by atomic mass is 32.2. The Hall–Kier alpha value is -3.07. The van der Waals surface area contributed by atoms with Gasteiger partial charge in [-0.15, -0.1) is 11.8 Å². The summed E-state index contributed by atoms with van der Waals surface area (Å²) < 4.78 is 10.2. The van der Waals surface area contributed by atoms with Crippen LogP contribution in [0.4, 0.5) is 11.4 Å². The minimum atomic E-state index is -0.857. The van der Waals surface area contributed by atoms with Crippen LogP contribution in [0.5, 0.6) is 5.75 Å². The molecule has 0 radical (unpaired) electrons. The molecule has 2 aromatic rings. The standard InChI is InChI=1S/C20H20N2O6S/c1-13-9-10-21(16-5-3-4-6-18(16)29-13)19(23)12-28-20(24)15-11-14(22(25)26)7-8-17(15)27-2/h3-8,11,13H,9-10,12H2,1-2H3/t13-/m0/s1. The van der Waals surface area contributed by atoms with Crippen molar-refractivity contribution in [3.05, 3.63) is 58.1 Å². The van der Waals surface area contributed by atoms with Crippen LogP contribution in [0.3, 0.4) is 0 Å². The largest absolute Gasteiger partial charge is 0.496 e. The zero-order chi connectivity index (χ0) is 21.0. The van der Waals surface area contributed by atoms with Crippen molar-refractivity contribution in [2.24, 2.45) is 0 Å². The summed E-state index contributed by atoms with van der Waals surface area (Å²) >= 11 is 1.70. The third-order valence-electron chi connectivity index (χ3n) is 4.49. The summed E-state index contributed by atoms with van der Waals surface area (Å²) in [6.07, 6.45) is 0.803. The van der Waals surface area contributed by atoms with Crippen LogP contribution in [0.2, 0.25) is 0 Å². The van der Waals surface area contributed by atoms with Gasteiger partial charge in [0.1, 0.15) is 11.3 Å². The van der Waals surface area contributed by atoms with Gasteiger partial charge in [0.05, 0.1) is 17.7 Å². The molecule has 0 N–H and O–H groups in total. The molecule has 1 amide bonds. The molecule has 152 valence electrons. The molecule has 1 aliphatic rings. The van der Waals surface area contributed by atoms with Crippen molar-refractivity contribution in [1.82, 2.24) is 0 Å². The lowest BCUT2D eigenvalue weighted by molar-refractivity contribution is -0.384. The van der Waals surface area contributed by atoms with Crippen molar-refractivity contribution in [3.63, 3.8) is 0 Å². The SMILES string of the molecule is COc1ccc([N+](=O)[O-])cc1C(=O)OCC(=O)N1CC[C@H](C)Sc2ccccc21. The number of nitro benzene ring substituents is 1. The number of amides is 1. The number of non-ortho nitro benzene ring substituents is 1. The van der Waals surface area contributed by atoms with E-state index in [-0.39, 0.29) is 22.9 Å². The molecule has 0 aliphatic carbocycles. The number of nitrogens with zero attached hydrogens (tertiary/aromatic N) is 2. The Balaban J connectivity index is 1.75. The van der Waals surface area contributed by atoms with E-state index in [1.54, 1.807) is 16.7 Å². The first-order valence-electron chi connectivity index (χ1n) is 8.96. The number of hydrogen-bond donors (Lipinski definition) is 0. The van der Waals surface area contributed by atoms with Gasteiger partial charge in [-0.05, 0) is 24.6 Å². The zero-order valence-corrected chi connectivity index (χ0v) is 16.8. The normalized spacial score (nSPS) is 15.8. The number of methoxy groups -OCH3 is 1. The molecule has 1 atom stereocenters. The number of ether oxygens (including phenoxy) is 2. The second-order valence-electron chi connectivity index (χ2n) is 6.45. The Morgan fingerprint density at radius 1 is 1.28 bits per heavy atom. The Kier molecular flexibility index (Phi) is 6.38. The summed E-state index contributed by atoms with van der Waals surface area (Å²) in [5.74, 6) is -1.08. The lowest BCUT2D eigenvalue weighted by Gasteiger charge is -2.22. The first-order chi connectivity index (χ1) is 13.9. The second kappa shape index (κ2) is 8.95. The van der Waals surface area contributed by atoms with E-state index in [1.807, 2.05) is 24.3 Å². The predicted molar refractivity (Wildman–Crippen MR) is 109 cm³/mol. The number of carbonyl (C=O) groups is 2. The van der Waals surface area contributed by atoms with Crippen LogP contribution in [0.15, 0.2) is 47.4 Å². The summed E-state index contributed by atoms with van der Waals surface area (Å²) in [4.78, 5) is 38.2. The highest BCUT2D eigenvalue weighted by molar-refractivity contribution is 8.00. The maximum Gasteiger partial charge on any atom is 0.342 e. The van der Waals surface area contributed by atoms with Crippen molar-refractivity contribution >= 4 is 35.0 Å². The van der Waals surface area contributed by atoms with Crippen LogP contribution in [0.25, 0.3) is 0 Å². The molecule has 9 heteroatoms. The number of esters is 1.